The van der Waals surface area contributed by atoms with Crippen molar-refractivity contribution in [1.29, 1.82) is 0 Å². The van der Waals surface area contributed by atoms with E-state index < -0.39 is 0 Å². The predicted molar refractivity (Wildman–Crippen MR) is 49.6 cm³/mol. The van der Waals surface area contributed by atoms with Crippen molar-refractivity contribution in [3.8, 4) is 0 Å². The molecule has 0 saturated heterocycles. The second kappa shape index (κ2) is 3.71. The van der Waals surface area contributed by atoms with E-state index in [-0.39, 0.29) is 6.04 Å². The van der Waals surface area contributed by atoms with Gasteiger partial charge in [0.1, 0.15) is 5.15 Å². The third kappa shape index (κ3) is 1.85. The third-order valence-corrected chi connectivity index (χ3v) is 1.86. The van der Waals surface area contributed by atoms with Gasteiger partial charge in [-0.1, -0.05) is 11.6 Å². The van der Waals surface area contributed by atoms with E-state index >= 15 is 0 Å². The fourth-order valence-corrected chi connectivity index (χ4v) is 1.11. The number of hydrogen-bond acceptors (Lipinski definition) is 4. The molecule has 0 amide bonds. The van der Waals surface area contributed by atoms with Gasteiger partial charge in [0.25, 0.3) is 0 Å². The normalized spacial score (nSPS) is 12.9. The lowest BCUT2D eigenvalue weighted by molar-refractivity contribution is 0.734. The largest absolute Gasteiger partial charge is 0.397 e. The first-order valence-electron chi connectivity index (χ1n) is 3.51. The number of hydrogen-bond donors (Lipinski definition) is 3. The van der Waals surface area contributed by atoms with Gasteiger partial charge in [0.15, 0.2) is 0 Å². The van der Waals surface area contributed by atoms with Crippen molar-refractivity contribution in [3.05, 3.63) is 23.0 Å². The van der Waals surface area contributed by atoms with Crippen molar-refractivity contribution < 1.29 is 0 Å². The minimum Gasteiger partial charge on any atom is -0.397 e. The average Bonchev–Trinajstić information content (AvgIpc) is 2.08. The van der Waals surface area contributed by atoms with Gasteiger partial charge in [0, 0.05) is 18.2 Å². The Morgan fingerprint density at radius 3 is 2.83 bits per heavy atom. The summed E-state index contributed by atoms with van der Waals surface area (Å²) < 4.78 is 0. The zero-order chi connectivity index (χ0) is 9.14. The monoisotopic (exact) mass is 186 g/mol. The Morgan fingerprint density at radius 1 is 1.58 bits per heavy atom. The predicted octanol–water partition coefficient (Wildman–Crippen LogP) is 0.276. The number of halogens is 1. The van der Waals surface area contributed by atoms with Crippen LogP contribution in [0.1, 0.15) is 11.6 Å². The van der Waals surface area contributed by atoms with Crippen LogP contribution in [0.15, 0.2) is 12.3 Å². The van der Waals surface area contributed by atoms with E-state index in [1.54, 1.807) is 6.07 Å². The van der Waals surface area contributed by atoms with Gasteiger partial charge in [-0.15, -0.1) is 0 Å². The van der Waals surface area contributed by atoms with Crippen molar-refractivity contribution in [2.75, 3.05) is 12.3 Å². The van der Waals surface area contributed by atoms with Gasteiger partial charge in [-0.3, -0.25) is 0 Å². The summed E-state index contributed by atoms with van der Waals surface area (Å²) in [6.07, 6.45) is 1.48. The highest BCUT2D eigenvalue weighted by molar-refractivity contribution is 6.30. The van der Waals surface area contributed by atoms with Crippen LogP contribution in [-0.4, -0.2) is 11.5 Å². The maximum absolute atomic E-state index is 5.77. The Kier molecular flexibility index (Phi) is 2.86. The van der Waals surface area contributed by atoms with Crippen LogP contribution >= 0.6 is 11.6 Å². The molecule has 0 unspecified atom stereocenters. The first-order chi connectivity index (χ1) is 5.65. The summed E-state index contributed by atoms with van der Waals surface area (Å²) >= 11 is 5.77. The molecule has 0 aliphatic heterocycles. The van der Waals surface area contributed by atoms with Gasteiger partial charge in [0.05, 0.1) is 11.9 Å². The SMILES string of the molecule is NC[C@@H](N)c1cc(N)cnc1Cl. The second-order valence-corrected chi connectivity index (χ2v) is 2.85. The van der Waals surface area contributed by atoms with Crippen LogP contribution in [0.25, 0.3) is 0 Å². The van der Waals surface area contributed by atoms with Crippen LogP contribution < -0.4 is 17.2 Å². The summed E-state index contributed by atoms with van der Waals surface area (Å²) in [5.74, 6) is 0. The first-order valence-corrected chi connectivity index (χ1v) is 3.89. The Balaban J connectivity index is 3.04. The molecule has 1 heterocycles. The van der Waals surface area contributed by atoms with Gasteiger partial charge in [0.2, 0.25) is 0 Å². The number of pyridine rings is 1. The number of nitrogens with zero attached hydrogens (tertiary/aromatic N) is 1. The Morgan fingerprint density at radius 2 is 2.25 bits per heavy atom. The number of rotatable bonds is 2. The molecule has 1 aromatic heterocycles. The molecule has 12 heavy (non-hydrogen) atoms. The van der Waals surface area contributed by atoms with E-state index in [0.29, 0.717) is 22.9 Å². The number of aromatic nitrogens is 1. The lowest BCUT2D eigenvalue weighted by Gasteiger charge is -2.10. The van der Waals surface area contributed by atoms with Gasteiger partial charge in [-0.25, -0.2) is 4.98 Å². The van der Waals surface area contributed by atoms with Gasteiger partial charge < -0.3 is 17.2 Å². The number of nitrogen functional groups attached to an aromatic ring is 1. The summed E-state index contributed by atoms with van der Waals surface area (Å²) in [7, 11) is 0. The van der Waals surface area contributed by atoms with Crippen LogP contribution in [0, 0.1) is 0 Å². The highest BCUT2D eigenvalue weighted by atomic mass is 35.5. The summed E-state index contributed by atoms with van der Waals surface area (Å²) in [6, 6.07) is 1.39. The Hall–Kier alpha value is -0.840. The Labute approximate surface area is 75.7 Å². The summed E-state index contributed by atoms with van der Waals surface area (Å²) in [6.45, 7) is 0.324. The first kappa shape index (κ1) is 9.25. The quantitative estimate of drug-likeness (QED) is 0.579. The fourth-order valence-electron chi connectivity index (χ4n) is 0.869. The summed E-state index contributed by atoms with van der Waals surface area (Å²) in [5.41, 5.74) is 17.8. The number of nitrogens with two attached hydrogens (primary N) is 3. The van der Waals surface area contributed by atoms with Gasteiger partial charge >= 0.3 is 0 Å². The third-order valence-electron chi connectivity index (χ3n) is 1.54. The molecule has 0 saturated carbocycles. The number of anilines is 1. The maximum Gasteiger partial charge on any atom is 0.133 e. The van der Waals surface area contributed by atoms with Crippen LogP contribution in [-0.2, 0) is 0 Å². The zero-order valence-corrected chi connectivity index (χ0v) is 7.25. The molecule has 1 rings (SSSR count). The molecule has 0 aliphatic carbocycles. The molecule has 1 aromatic rings. The Bertz CT molecular complexity index is 276. The smallest absolute Gasteiger partial charge is 0.133 e. The molecule has 4 nitrogen and oxygen atoms in total. The van der Waals surface area contributed by atoms with E-state index in [0.717, 1.165) is 0 Å². The molecule has 5 heteroatoms. The van der Waals surface area contributed by atoms with E-state index in [9.17, 15) is 0 Å². The fraction of sp³-hybridized carbons (Fsp3) is 0.286. The minimum absolute atomic E-state index is 0.298. The highest BCUT2D eigenvalue weighted by Crippen LogP contribution is 2.20. The van der Waals surface area contributed by atoms with Crippen molar-refractivity contribution in [2.24, 2.45) is 11.5 Å². The van der Waals surface area contributed by atoms with Crippen molar-refractivity contribution in [2.45, 2.75) is 6.04 Å². The molecule has 1 atom stereocenters. The van der Waals surface area contributed by atoms with Crippen LogP contribution in [0.3, 0.4) is 0 Å². The van der Waals surface area contributed by atoms with E-state index in [1.165, 1.54) is 6.20 Å². The van der Waals surface area contributed by atoms with Crippen LogP contribution in [0.4, 0.5) is 5.69 Å². The molecule has 0 radical (unpaired) electrons. The zero-order valence-electron chi connectivity index (χ0n) is 6.50. The van der Waals surface area contributed by atoms with E-state index in [1.807, 2.05) is 0 Å². The van der Waals surface area contributed by atoms with E-state index in [4.69, 9.17) is 28.8 Å². The average molecular weight is 187 g/mol. The lowest BCUT2D eigenvalue weighted by atomic mass is 10.1. The molecule has 0 aromatic carbocycles. The highest BCUT2D eigenvalue weighted by Gasteiger charge is 2.09. The minimum atomic E-state index is -0.298. The van der Waals surface area contributed by atoms with Crippen LogP contribution in [0.2, 0.25) is 5.15 Å². The molecule has 0 bridgehead atoms. The molecule has 0 spiro atoms. The molecule has 0 fully saturated rings. The maximum atomic E-state index is 5.77. The van der Waals surface area contributed by atoms with Crippen LogP contribution in [0.5, 0.6) is 0 Å². The standard InChI is InChI=1S/C7H11ClN4/c8-7-5(6(11)2-9)1-4(10)3-12-7/h1,3,6H,2,9-11H2/t6-/m1/s1. The topological polar surface area (TPSA) is 91.0 Å². The van der Waals surface area contributed by atoms with E-state index in [2.05, 4.69) is 4.98 Å². The van der Waals surface area contributed by atoms with Crippen molar-refractivity contribution in [3.63, 3.8) is 0 Å². The molecular weight excluding hydrogens is 176 g/mol. The van der Waals surface area contributed by atoms with Gasteiger partial charge in [-0.05, 0) is 6.07 Å². The lowest BCUT2D eigenvalue weighted by Crippen LogP contribution is -2.21. The summed E-state index contributed by atoms with van der Waals surface area (Å²) in [5, 5.41) is 0.363. The second-order valence-electron chi connectivity index (χ2n) is 2.49. The summed E-state index contributed by atoms with van der Waals surface area (Å²) in [4.78, 5) is 3.85. The van der Waals surface area contributed by atoms with Gasteiger partial charge in [-0.2, -0.15) is 0 Å². The molecule has 6 N–H and O–H groups in total. The molecular formula is C7H11ClN4. The van der Waals surface area contributed by atoms with Crippen molar-refractivity contribution >= 4 is 17.3 Å². The molecule has 0 aliphatic rings. The van der Waals surface area contributed by atoms with Crippen molar-refractivity contribution in [1.82, 2.24) is 4.98 Å². The molecule has 66 valence electrons.